The zero-order chi connectivity index (χ0) is 15.6. The molecule has 0 bridgehead atoms. The third kappa shape index (κ3) is 3.68. The van der Waals surface area contributed by atoms with E-state index >= 15 is 0 Å². The third-order valence-electron chi connectivity index (χ3n) is 2.86. The summed E-state index contributed by atoms with van der Waals surface area (Å²) in [4.78, 5) is 26.7. The highest BCUT2D eigenvalue weighted by Crippen LogP contribution is 2.27. The number of hydrogen-bond acceptors (Lipinski definition) is 5. The van der Waals surface area contributed by atoms with Crippen LogP contribution < -0.4 is 5.32 Å². The Morgan fingerprint density at radius 2 is 1.95 bits per heavy atom. The molecule has 0 aliphatic carbocycles. The predicted octanol–water partition coefficient (Wildman–Crippen LogP) is 3.98. The minimum atomic E-state index is -1.19. The number of carboxylic acid groups (broad SMARTS) is 1. The van der Waals surface area contributed by atoms with Crippen LogP contribution in [-0.2, 0) is 0 Å². The van der Waals surface area contributed by atoms with Crippen LogP contribution in [-0.4, -0.2) is 21.8 Å². The van der Waals surface area contributed by atoms with Gasteiger partial charge in [0.25, 0.3) is 0 Å². The van der Waals surface area contributed by atoms with Gasteiger partial charge in [-0.3, -0.25) is 4.79 Å². The van der Waals surface area contributed by atoms with Gasteiger partial charge in [0.2, 0.25) is 0 Å². The standard InChI is InChI=1S/C14H13BrN2O3S/c1-7(9-3-5-10(15)6-4-9)16-14-17-11(13(19)20)12(21-14)8(2)18/h3-7H,1-2H3,(H,16,17)(H,19,20). The monoisotopic (exact) mass is 368 g/mol. The number of aromatic nitrogens is 1. The summed E-state index contributed by atoms with van der Waals surface area (Å²) in [5, 5.41) is 12.6. The molecule has 7 heteroatoms. The molecule has 1 heterocycles. The minimum absolute atomic E-state index is 0.0503. The first-order chi connectivity index (χ1) is 9.88. The average Bonchev–Trinajstić information content (AvgIpc) is 2.83. The van der Waals surface area contributed by atoms with Crippen LogP contribution in [0.4, 0.5) is 5.13 Å². The van der Waals surface area contributed by atoms with E-state index in [1.54, 1.807) is 0 Å². The Hall–Kier alpha value is -1.73. The topological polar surface area (TPSA) is 79.3 Å². The third-order valence-corrected chi connectivity index (χ3v) is 4.48. The van der Waals surface area contributed by atoms with E-state index in [0.717, 1.165) is 21.4 Å². The molecule has 110 valence electrons. The summed E-state index contributed by atoms with van der Waals surface area (Å²) in [6, 6.07) is 7.72. The Kier molecular flexibility index (Phi) is 4.74. The van der Waals surface area contributed by atoms with Crippen molar-refractivity contribution in [1.82, 2.24) is 4.98 Å². The quantitative estimate of drug-likeness (QED) is 0.780. The van der Waals surface area contributed by atoms with Crippen molar-refractivity contribution < 1.29 is 14.7 Å². The van der Waals surface area contributed by atoms with Crippen molar-refractivity contribution in [2.45, 2.75) is 19.9 Å². The van der Waals surface area contributed by atoms with Crippen molar-refractivity contribution >= 4 is 44.2 Å². The molecule has 2 aromatic rings. The molecule has 0 saturated carbocycles. The van der Waals surface area contributed by atoms with Gasteiger partial charge in [0, 0.05) is 11.4 Å². The molecule has 0 radical (unpaired) electrons. The summed E-state index contributed by atoms with van der Waals surface area (Å²) in [6.45, 7) is 3.28. The molecule has 0 saturated heterocycles. The van der Waals surface area contributed by atoms with Crippen LogP contribution in [0.5, 0.6) is 0 Å². The molecule has 2 rings (SSSR count). The molecule has 1 atom stereocenters. The van der Waals surface area contributed by atoms with Crippen LogP contribution in [0.3, 0.4) is 0 Å². The van der Waals surface area contributed by atoms with E-state index in [2.05, 4.69) is 26.2 Å². The van der Waals surface area contributed by atoms with Crippen LogP contribution >= 0.6 is 27.3 Å². The van der Waals surface area contributed by atoms with Gasteiger partial charge in [-0.05, 0) is 24.6 Å². The molecule has 0 spiro atoms. The second-order valence-corrected chi connectivity index (χ2v) is 6.39. The van der Waals surface area contributed by atoms with Crippen LogP contribution in [0.1, 0.15) is 45.6 Å². The lowest BCUT2D eigenvalue weighted by Gasteiger charge is -2.13. The van der Waals surface area contributed by atoms with E-state index < -0.39 is 5.97 Å². The fourth-order valence-corrected chi connectivity index (χ4v) is 2.99. The fourth-order valence-electron chi connectivity index (χ4n) is 1.79. The van der Waals surface area contributed by atoms with Crippen molar-refractivity contribution in [3.8, 4) is 0 Å². The molecule has 1 unspecified atom stereocenters. The van der Waals surface area contributed by atoms with Gasteiger partial charge < -0.3 is 10.4 Å². The van der Waals surface area contributed by atoms with E-state index in [4.69, 9.17) is 5.11 Å². The Morgan fingerprint density at radius 3 is 2.43 bits per heavy atom. The number of thiazole rings is 1. The lowest BCUT2D eigenvalue weighted by Crippen LogP contribution is -2.07. The van der Waals surface area contributed by atoms with Crippen molar-refractivity contribution in [3.05, 3.63) is 44.9 Å². The highest BCUT2D eigenvalue weighted by molar-refractivity contribution is 9.10. The van der Waals surface area contributed by atoms with Gasteiger partial charge >= 0.3 is 5.97 Å². The first kappa shape index (κ1) is 15.7. The second kappa shape index (κ2) is 6.36. The molecule has 0 aliphatic heterocycles. The number of ketones is 1. The summed E-state index contributed by atoms with van der Waals surface area (Å²) in [6.07, 6.45) is 0. The Bertz CT molecular complexity index is 651. The lowest BCUT2D eigenvalue weighted by molar-refractivity contribution is 0.0687. The highest BCUT2D eigenvalue weighted by atomic mass is 79.9. The number of benzene rings is 1. The number of anilines is 1. The zero-order valence-corrected chi connectivity index (χ0v) is 13.8. The summed E-state index contributed by atoms with van der Waals surface area (Å²) < 4.78 is 0.986. The van der Waals surface area contributed by atoms with E-state index in [-0.39, 0.29) is 22.4 Å². The number of carbonyl (C=O) groups is 2. The highest BCUT2D eigenvalue weighted by Gasteiger charge is 2.21. The van der Waals surface area contributed by atoms with Gasteiger partial charge in [0.15, 0.2) is 16.6 Å². The maximum absolute atomic E-state index is 11.5. The number of rotatable bonds is 5. The van der Waals surface area contributed by atoms with Crippen molar-refractivity contribution in [1.29, 1.82) is 0 Å². The first-order valence-corrected chi connectivity index (χ1v) is 7.76. The predicted molar refractivity (Wildman–Crippen MR) is 85.3 cm³/mol. The SMILES string of the molecule is CC(=O)c1sc(NC(C)c2ccc(Br)cc2)nc1C(=O)O. The number of carbonyl (C=O) groups excluding carboxylic acids is 1. The van der Waals surface area contributed by atoms with Crippen LogP contribution in [0.15, 0.2) is 28.7 Å². The van der Waals surface area contributed by atoms with Gasteiger partial charge in [0.1, 0.15) is 4.88 Å². The lowest BCUT2D eigenvalue weighted by atomic mass is 10.1. The average molecular weight is 369 g/mol. The van der Waals surface area contributed by atoms with E-state index in [9.17, 15) is 9.59 Å². The number of hydrogen-bond donors (Lipinski definition) is 2. The van der Waals surface area contributed by atoms with Gasteiger partial charge in [-0.2, -0.15) is 0 Å². The molecule has 0 fully saturated rings. The van der Waals surface area contributed by atoms with Crippen LogP contribution in [0, 0.1) is 0 Å². The number of nitrogens with one attached hydrogen (secondary N) is 1. The van der Waals surface area contributed by atoms with Gasteiger partial charge in [-0.15, -0.1) is 0 Å². The molecule has 1 aromatic heterocycles. The fraction of sp³-hybridized carbons (Fsp3) is 0.214. The zero-order valence-electron chi connectivity index (χ0n) is 11.4. The minimum Gasteiger partial charge on any atom is -0.476 e. The smallest absolute Gasteiger partial charge is 0.356 e. The van der Waals surface area contributed by atoms with Crippen molar-refractivity contribution in [2.75, 3.05) is 5.32 Å². The molecule has 21 heavy (non-hydrogen) atoms. The Labute approximate surface area is 134 Å². The van der Waals surface area contributed by atoms with Gasteiger partial charge in [0.05, 0.1) is 6.04 Å². The maximum atomic E-state index is 11.5. The summed E-state index contributed by atoms with van der Waals surface area (Å²) in [7, 11) is 0. The van der Waals surface area contributed by atoms with E-state index in [1.165, 1.54) is 6.92 Å². The van der Waals surface area contributed by atoms with Gasteiger partial charge in [-0.1, -0.05) is 39.4 Å². The van der Waals surface area contributed by atoms with Crippen molar-refractivity contribution in [3.63, 3.8) is 0 Å². The molecular formula is C14H13BrN2O3S. The van der Waals surface area contributed by atoms with Crippen LogP contribution in [0.2, 0.25) is 0 Å². The number of carboxylic acids is 1. The summed E-state index contributed by atoms with van der Waals surface area (Å²) >= 11 is 4.43. The van der Waals surface area contributed by atoms with Crippen molar-refractivity contribution in [2.24, 2.45) is 0 Å². The van der Waals surface area contributed by atoms with E-state index in [1.807, 2.05) is 31.2 Å². The number of halogens is 1. The summed E-state index contributed by atoms with van der Waals surface area (Å²) in [5.74, 6) is -1.49. The van der Waals surface area contributed by atoms with E-state index in [0.29, 0.717) is 5.13 Å². The summed E-state index contributed by atoms with van der Waals surface area (Å²) in [5.41, 5.74) is 0.840. The normalized spacial score (nSPS) is 12.0. The first-order valence-electron chi connectivity index (χ1n) is 6.15. The molecule has 5 nitrogen and oxygen atoms in total. The van der Waals surface area contributed by atoms with Gasteiger partial charge in [-0.25, -0.2) is 9.78 Å². The molecular weight excluding hydrogens is 356 g/mol. The number of aromatic carboxylic acids is 1. The Morgan fingerprint density at radius 1 is 1.33 bits per heavy atom. The molecule has 1 aromatic carbocycles. The number of Topliss-reactive ketones (excluding diaryl/α,β-unsaturated/α-hetero) is 1. The largest absolute Gasteiger partial charge is 0.476 e. The van der Waals surface area contributed by atoms with Crippen LogP contribution in [0.25, 0.3) is 0 Å². The second-order valence-electron chi connectivity index (χ2n) is 4.48. The maximum Gasteiger partial charge on any atom is 0.356 e. The molecule has 0 amide bonds. The molecule has 2 N–H and O–H groups in total. The molecule has 0 aliphatic rings. The Balaban J connectivity index is 2.23. The number of nitrogens with zero attached hydrogens (tertiary/aromatic N) is 1.